The second kappa shape index (κ2) is 6.86. The summed E-state index contributed by atoms with van der Waals surface area (Å²) in [5.74, 6) is 0.981. The molecule has 0 atom stereocenters. The lowest BCUT2D eigenvalue weighted by Crippen LogP contribution is -2.19. The summed E-state index contributed by atoms with van der Waals surface area (Å²) in [4.78, 5) is 6.87. The van der Waals surface area contributed by atoms with E-state index in [2.05, 4.69) is 26.2 Å². The maximum Gasteiger partial charge on any atom is 0.206 e. The lowest BCUT2D eigenvalue weighted by atomic mass is 10.1. The molecule has 0 saturated carbocycles. The smallest absolute Gasteiger partial charge is 0.206 e. The monoisotopic (exact) mass is 402 g/mol. The van der Waals surface area contributed by atoms with Crippen LogP contribution in [0.1, 0.15) is 11.1 Å². The number of H-pyrrole nitrogens is 1. The second-order valence-electron chi connectivity index (χ2n) is 6.97. The number of hydrogen-bond acceptors (Lipinski definition) is 5. The average molecular weight is 402 g/mol. The van der Waals surface area contributed by atoms with E-state index >= 15 is 0 Å². The first-order valence-corrected chi connectivity index (χ1v) is 10.7. The highest BCUT2D eigenvalue weighted by molar-refractivity contribution is 7.91. The molecule has 3 heterocycles. The van der Waals surface area contributed by atoms with Gasteiger partial charge in [0.2, 0.25) is 9.84 Å². The minimum absolute atomic E-state index is 0.270. The minimum atomic E-state index is -3.59. The molecule has 0 bridgehead atoms. The SMILES string of the molecule is O=S(=O)(c1ccc(CN2C=CCc3cn[nH]c32)cc1)c1ccc2ncccc2c1. The predicted octanol–water partition coefficient (Wildman–Crippen LogP) is 3.87. The van der Waals surface area contributed by atoms with Gasteiger partial charge >= 0.3 is 0 Å². The first kappa shape index (κ1) is 17.6. The van der Waals surface area contributed by atoms with Gasteiger partial charge in [-0.1, -0.05) is 24.3 Å². The molecule has 4 aromatic rings. The summed E-state index contributed by atoms with van der Waals surface area (Å²) in [5, 5.41) is 7.93. The van der Waals surface area contributed by atoms with Crippen molar-refractivity contribution in [2.24, 2.45) is 0 Å². The van der Waals surface area contributed by atoms with Crippen LogP contribution in [-0.2, 0) is 22.8 Å². The largest absolute Gasteiger partial charge is 0.329 e. The highest BCUT2D eigenvalue weighted by atomic mass is 32.2. The number of aromatic nitrogens is 3. The lowest BCUT2D eigenvalue weighted by Gasteiger charge is -2.23. The lowest BCUT2D eigenvalue weighted by molar-refractivity contribution is 0.596. The molecule has 0 fully saturated rings. The molecule has 1 N–H and O–H groups in total. The topological polar surface area (TPSA) is 79.0 Å². The normalized spacial score (nSPS) is 13.6. The van der Waals surface area contributed by atoms with Crippen LogP contribution >= 0.6 is 0 Å². The fourth-order valence-corrected chi connectivity index (χ4v) is 4.84. The molecule has 0 unspecified atom stereocenters. The fourth-order valence-electron chi connectivity index (χ4n) is 3.54. The Morgan fingerprint density at radius 3 is 2.72 bits per heavy atom. The Bertz CT molecular complexity index is 1320. The number of pyridine rings is 1. The highest BCUT2D eigenvalue weighted by Crippen LogP contribution is 2.27. The summed E-state index contributed by atoms with van der Waals surface area (Å²) >= 11 is 0. The zero-order valence-corrected chi connectivity index (χ0v) is 16.3. The number of aromatic amines is 1. The molecule has 0 spiro atoms. The number of hydrogen-bond donors (Lipinski definition) is 1. The van der Waals surface area contributed by atoms with Crippen molar-refractivity contribution >= 4 is 26.6 Å². The van der Waals surface area contributed by atoms with Crippen LogP contribution in [0.25, 0.3) is 10.9 Å². The average Bonchev–Trinajstić information content (AvgIpc) is 3.24. The molecule has 1 aliphatic heterocycles. The Hall–Kier alpha value is -3.45. The Labute approximate surface area is 168 Å². The number of rotatable bonds is 4. The van der Waals surface area contributed by atoms with Crippen molar-refractivity contribution in [3.8, 4) is 0 Å². The molecule has 144 valence electrons. The number of sulfone groups is 1. The third kappa shape index (κ3) is 3.19. The van der Waals surface area contributed by atoms with Gasteiger partial charge in [0.25, 0.3) is 0 Å². The van der Waals surface area contributed by atoms with Crippen molar-refractivity contribution in [2.45, 2.75) is 22.8 Å². The van der Waals surface area contributed by atoms with E-state index in [1.165, 1.54) is 0 Å². The van der Waals surface area contributed by atoms with Gasteiger partial charge in [-0.2, -0.15) is 5.10 Å². The number of nitrogens with zero attached hydrogens (tertiary/aromatic N) is 3. The molecule has 0 saturated heterocycles. The van der Waals surface area contributed by atoms with Crippen molar-refractivity contribution in [2.75, 3.05) is 4.90 Å². The predicted molar refractivity (Wildman–Crippen MR) is 111 cm³/mol. The fraction of sp³-hybridized carbons (Fsp3) is 0.0909. The van der Waals surface area contributed by atoms with Crippen LogP contribution < -0.4 is 4.90 Å². The van der Waals surface area contributed by atoms with E-state index in [0.717, 1.165) is 34.3 Å². The van der Waals surface area contributed by atoms with Gasteiger partial charge in [0.15, 0.2) is 0 Å². The summed E-state index contributed by atoms with van der Waals surface area (Å²) in [5.41, 5.74) is 2.94. The molecule has 0 amide bonds. The molecule has 6 nitrogen and oxygen atoms in total. The van der Waals surface area contributed by atoms with Gasteiger partial charge in [-0.05, 0) is 48.4 Å². The highest BCUT2D eigenvalue weighted by Gasteiger charge is 2.19. The third-order valence-electron chi connectivity index (χ3n) is 5.08. The van der Waals surface area contributed by atoms with Gasteiger partial charge < -0.3 is 4.90 Å². The van der Waals surface area contributed by atoms with Gasteiger partial charge in [-0.3, -0.25) is 10.1 Å². The summed E-state index contributed by atoms with van der Waals surface area (Å²) in [6.07, 6.45) is 8.50. The van der Waals surface area contributed by atoms with Gasteiger partial charge in [-0.15, -0.1) is 0 Å². The van der Waals surface area contributed by atoms with Crippen LogP contribution in [-0.4, -0.2) is 23.6 Å². The van der Waals surface area contributed by atoms with Crippen molar-refractivity contribution in [3.05, 3.63) is 90.4 Å². The summed E-state index contributed by atoms with van der Waals surface area (Å²) in [7, 11) is -3.59. The third-order valence-corrected chi connectivity index (χ3v) is 6.84. The van der Waals surface area contributed by atoms with Crippen molar-refractivity contribution in [1.82, 2.24) is 15.2 Å². The minimum Gasteiger partial charge on any atom is -0.329 e. The van der Waals surface area contributed by atoms with Crippen LogP contribution in [0.15, 0.2) is 89.1 Å². The van der Waals surface area contributed by atoms with E-state index in [0.29, 0.717) is 6.54 Å². The first-order chi connectivity index (χ1) is 14.1. The van der Waals surface area contributed by atoms with Crippen LogP contribution in [0, 0.1) is 0 Å². The van der Waals surface area contributed by atoms with E-state index in [9.17, 15) is 8.42 Å². The van der Waals surface area contributed by atoms with Crippen LogP contribution in [0.5, 0.6) is 0 Å². The van der Waals surface area contributed by atoms with Gasteiger partial charge in [-0.25, -0.2) is 8.42 Å². The molecular weight excluding hydrogens is 384 g/mol. The maximum absolute atomic E-state index is 13.1. The number of benzene rings is 2. The van der Waals surface area contributed by atoms with E-state index in [1.54, 1.807) is 42.6 Å². The Morgan fingerprint density at radius 1 is 1.03 bits per heavy atom. The number of allylic oxidation sites excluding steroid dienone is 1. The number of anilines is 1. The van der Waals surface area contributed by atoms with E-state index in [-0.39, 0.29) is 9.79 Å². The Kier molecular flexibility index (Phi) is 4.17. The van der Waals surface area contributed by atoms with Crippen LogP contribution in [0.2, 0.25) is 0 Å². The zero-order chi connectivity index (χ0) is 19.8. The summed E-state index contributed by atoms with van der Waals surface area (Å²) in [6.45, 7) is 0.633. The van der Waals surface area contributed by atoms with Gasteiger partial charge in [0.1, 0.15) is 5.82 Å². The van der Waals surface area contributed by atoms with Crippen molar-refractivity contribution in [3.63, 3.8) is 0 Å². The molecule has 0 radical (unpaired) electrons. The first-order valence-electron chi connectivity index (χ1n) is 9.26. The molecule has 5 rings (SSSR count). The molecule has 29 heavy (non-hydrogen) atoms. The maximum atomic E-state index is 13.1. The van der Waals surface area contributed by atoms with Crippen molar-refractivity contribution < 1.29 is 8.42 Å². The molecule has 1 aliphatic rings. The van der Waals surface area contributed by atoms with Gasteiger partial charge in [0, 0.05) is 29.9 Å². The molecule has 2 aromatic carbocycles. The van der Waals surface area contributed by atoms with E-state index in [1.807, 2.05) is 30.6 Å². The van der Waals surface area contributed by atoms with E-state index in [4.69, 9.17) is 0 Å². The Balaban J connectivity index is 1.42. The molecule has 2 aromatic heterocycles. The summed E-state index contributed by atoms with van der Waals surface area (Å²) < 4.78 is 26.1. The van der Waals surface area contributed by atoms with Crippen LogP contribution in [0.4, 0.5) is 5.82 Å². The quantitative estimate of drug-likeness (QED) is 0.561. The second-order valence-corrected chi connectivity index (χ2v) is 8.92. The zero-order valence-electron chi connectivity index (χ0n) is 15.5. The molecule has 7 heteroatoms. The number of nitrogens with one attached hydrogen (secondary N) is 1. The van der Waals surface area contributed by atoms with E-state index < -0.39 is 9.84 Å². The summed E-state index contributed by atoms with van der Waals surface area (Å²) in [6, 6.07) is 15.7. The standard InChI is InChI=1S/C22H18N4O2S/c27-29(28,20-9-10-21-17(13-20)3-1-11-23-21)19-7-5-16(6-8-19)15-26-12-2-4-18-14-24-25-22(18)26/h1-3,5-14H,4,15H2,(H,24,25). The Morgan fingerprint density at radius 2 is 1.86 bits per heavy atom. The van der Waals surface area contributed by atoms with Crippen molar-refractivity contribution in [1.29, 1.82) is 0 Å². The van der Waals surface area contributed by atoms with Crippen LogP contribution in [0.3, 0.4) is 0 Å². The van der Waals surface area contributed by atoms with Gasteiger partial charge in [0.05, 0.1) is 21.5 Å². The number of fused-ring (bicyclic) bond motifs is 2. The molecular formula is C22H18N4O2S. The molecule has 0 aliphatic carbocycles.